The molecule has 0 spiro atoms. The number of carboxylic acid groups (broad SMARTS) is 1. The third kappa shape index (κ3) is 4.82. The van der Waals surface area contributed by atoms with Gasteiger partial charge in [-0.2, -0.15) is 4.98 Å². The Morgan fingerprint density at radius 2 is 2.14 bits per heavy atom. The van der Waals surface area contributed by atoms with E-state index in [0.717, 1.165) is 0 Å². The lowest BCUT2D eigenvalue weighted by molar-refractivity contribution is -0.149. The highest BCUT2D eigenvalue weighted by atomic mass is 16.5. The SMILES string of the molecule is COCC(C)(NC(=O)CCc1nc(C(C)C)no1)C(=O)O. The topological polar surface area (TPSA) is 115 Å². The summed E-state index contributed by atoms with van der Waals surface area (Å²) in [6.45, 7) is 5.14. The van der Waals surface area contributed by atoms with E-state index in [0.29, 0.717) is 11.7 Å². The van der Waals surface area contributed by atoms with Gasteiger partial charge in [0, 0.05) is 25.9 Å². The molecule has 1 unspecified atom stereocenters. The van der Waals surface area contributed by atoms with Crippen molar-refractivity contribution in [2.45, 2.75) is 45.1 Å². The van der Waals surface area contributed by atoms with Gasteiger partial charge < -0.3 is 19.7 Å². The summed E-state index contributed by atoms with van der Waals surface area (Å²) in [6.07, 6.45) is 0.320. The molecule has 1 atom stereocenters. The normalized spacial score (nSPS) is 14.0. The number of ether oxygens (including phenoxy) is 1. The van der Waals surface area contributed by atoms with E-state index in [4.69, 9.17) is 14.4 Å². The summed E-state index contributed by atoms with van der Waals surface area (Å²) < 4.78 is 9.84. The third-order valence-corrected chi connectivity index (χ3v) is 2.89. The third-order valence-electron chi connectivity index (χ3n) is 2.89. The second kappa shape index (κ2) is 7.16. The molecule has 0 radical (unpaired) electrons. The number of methoxy groups -OCH3 is 1. The Morgan fingerprint density at radius 3 is 2.62 bits per heavy atom. The highest BCUT2D eigenvalue weighted by molar-refractivity contribution is 5.86. The maximum absolute atomic E-state index is 11.8. The van der Waals surface area contributed by atoms with Crippen molar-refractivity contribution in [3.8, 4) is 0 Å². The van der Waals surface area contributed by atoms with Crippen LogP contribution in [0.25, 0.3) is 0 Å². The Labute approximate surface area is 122 Å². The summed E-state index contributed by atoms with van der Waals surface area (Å²) in [7, 11) is 1.37. The summed E-state index contributed by atoms with van der Waals surface area (Å²) in [5.74, 6) is -0.482. The van der Waals surface area contributed by atoms with Gasteiger partial charge in [0.05, 0.1) is 6.61 Å². The molecule has 1 heterocycles. The van der Waals surface area contributed by atoms with E-state index in [1.54, 1.807) is 0 Å². The molecule has 0 aromatic carbocycles. The van der Waals surface area contributed by atoms with Crippen LogP contribution in [0.4, 0.5) is 0 Å². The monoisotopic (exact) mass is 299 g/mol. The lowest BCUT2D eigenvalue weighted by Gasteiger charge is -2.25. The van der Waals surface area contributed by atoms with Crippen molar-refractivity contribution in [3.05, 3.63) is 11.7 Å². The molecule has 0 fully saturated rings. The standard InChI is InChI=1S/C13H21N3O5/c1-8(2)11-14-10(21-16-11)6-5-9(17)15-13(3,7-20-4)12(18)19/h8H,5-7H2,1-4H3,(H,15,17)(H,18,19). The predicted molar refractivity (Wildman–Crippen MR) is 72.8 cm³/mol. The molecule has 0 aliphatic rings. The van der Waals surface area contributed by atoms with Crippen LogP contribution in [0.15, 0.2) is 4.52 Å². The Bertz CT molecular complexity index is 500. The number of amides is 1. The highest BCUT2D eigenvalue weighted by Gasteiger charge is 2.34. The van der Waals surface area contributed by atoms with Crippen molar-refractivity contribution in [3.63, 3.8) is 0 Å². The first-order valence-corrected chi connectivity index (χ1v) is 6.64. The minimum atomic E-state index is -1.45. The number of nitrogens with zero attached hydrogens (tertiary/aromatic N) is 2. The van der Waals surface area contributed by atoms with Crippen LogP contribution in [0.2, 0.25) is 0 Å². The second-order valence-corrected chi connectivity index (χ2v) is 5.32. The number of carboxylic acids is 1. The molecule has 1 rings (SSSR count). The average molecular weight is 299 g/mol. The summed E-state index contributed by atoms with van der Waals surface area (Å²) in [5, 5.41) is 15.4. The number of aryl methyl sites for hydroxylation is 1. The average Bonchev–Trinajstić information content (AvgIpc) is 2.85. The van der Waals surface area contributed by atoms with Crippen LogP contribution in [0, 0.1) is 0 Å². The van der Waals surface area contributed by atoms with Gasteiger partial charge >= 0.3 is 5.97 Å². The molecule has 1 aromatic heterocycles. The fourth-order valence-corrected chi connectivity index (χ4v) is 1.63. The van der Waals surface area contributed by atoms with Crippen molar-refractivity contribution < 1.29 is 24.0 Å². The minimum absolute atomic E-state index is 0.0618. The van der Waals surface area contributed by atoms with E-state index in [-0.39, 0.29) is 25.4 Å². The first kappa shape index (κ1) is 17.1. The zero-order chi connectivity index (χ0) is 16.0. The number of aliphatic carboxylic acids is 1. The maximum Gasteiger partial charge on any atom is 0.331 e. The van der Waals surface area contributed by atoms with Gasteiger partial charge in [0.2, 0.25) is 11.8 Å². The van der Waals surface area contributed by atoms with Crippen molar-refractivity contribution in [2.24, 2.45) is 0 Å². The summed E-state index contributed by atoms with van der Waals surface area (Å²) in [4.78, 5) is 27.1. The molecule has 0 bridgehead atoms. The molecule has 8 heteroatoms. The Morgan fingerprint density at radius 1 is 1.48 bits per heavy atom. The van der Waals surface area contributed by atoms with E-state index in [9.17, 15) is 9.59 Å². The van der Waals surface area contributed by atoms with E-state index >= 15 is 0 Å². The van der Waals surface area contributed by atoms with E-state index in [1.807, 2.05) is 13.8 Å². The van der Waals surface area contributed by atoms with Crippen LogP contribution in [0.3, 0.4) is 0 Å². The van der Waals surface area contributed by atoms with Gasteiger partial charge in [-0.1, -0.05) is 19.0 Å². The number of rotatable bonds is 8. The zero-order valence-electron chi connectivity index (χ0n) is 12.7. The molecule has 2 N–H and O–H groups in total. The molecule has 0 saturated heterocycles. The summed E-state index contributed by atoms with van der Waals surface area (Å²) >= 11 is 0. The van der Waals surface area contributed by atoms with Crippen molar-refractivity contribution in [1.29, 1.82) is 0 Å². The Hall–Kier alpha value is -1.96. The summed E-state index contributed by atoms with van der Waals surface area (Å²) in [5.41, 5.74) is -1.45. The molecule has 21 heavy (non-hydrogen) atoms. The zero-order valence-corrected chi connectivity index (χ0v) is 12.7. The van der Waals surface area contributed by atoms with Gasteiger partial charge in [0.1, 0.15) is 0 Å². The molecule has 0 aliphatic carbocycles. The van der Waals surface area contributed by atoms with E-state index in [2.05, 4.69) is 15.5 Å². The number of hydrogen-bond donors (Lipinski definition) is 2. The van der Waals surface area contributed by atoms with Crippen LogP contribution in [-0.4, -0.2) is 46.4 Å². The molecule has 0 aliphatic heterocycles. The number of hydrogen-bond acceptors (Lipinski definition) is 6. The van der Waals surface area contributed by atoms with Crippen molar-refractivity contribution in [2.75, 3.05) is 13.7 Å². The number of carbonyl (C=O) groups excluding carboxylic acids is 1. The fourth-order valence-electron chi connectivity index (χ4n) is 1.63. The molecule has 0 saturated carbocycles. The van der Waals surface area contributed by atoms with Crippen LogP contribution in [0.1, 0.15) is 44.8 Å². The van der Waals surface area contributed by atoms with Gasteiger partial charge in [0.25, 0.3) is 0 Å². The summed E-state index contributed by atoms with van der Waals surface area (Å²) in [6, 6.07) is 0. The maximum atomic E-state index is 11.8. The number of nitrogens with one attached hydrogen (secondary N) is 1. The van der Waals surface area contributed by atoms with Gasteiger partial charge in [-0.15, -0.1) is 0 Å². The lowest BCUT2D eigenvalue weighted by atomic mass is 10.0. The van der Waals surface area contributed by atoms with Crippen LogP contribution in [-0.2, 0) is 20.7 Å². The Balaban J connectivity index is 2.54. The van der Waals surface area contributed by atoms with Gasteiger partial charge in [0.15, 0.2) is 11.4 Å². The van der Waals surface area contributed by atoms with E-state index < -0.39 is 17.4 Å². The molecule has 1 aromatic rings. The van der Waals surface area contributed by atoms with E-state index in [1.165, 1.54) is 14.0 Å². The largest absolute Gasteiger partial charge is 0.479 e. The predicted octanol–water partition coefficient (Wildman–Crippen LogP) is 0.731. The van der Waals surface area contributed by atoms with Gasteiger partial charge in [-0.05, 0) is 6.92 Å². The van der Waals surface area contributed by atoms with Gasteiger partial charge in [-0.3, -0.25) is 4.79 Å². The molecule has 118 valence electrons. The number of carbonyl (C=O) groups is 2. The smallest absolute Gasteiger partial charge is 0.331 e. The van der Waals surface area contributed by atoms with Gasteiger partial charge in [-0.25, -0.2) is 4.79 Å². The molecule has 8 nitrogen and oxygen atoms in total. The molecular weight excluding hydrogens is 278 g/mol. The Kier molecular flexibility index (Phi) is 5.83. The lowest BCUT2D eigenvalue weighted by Crippen LogP contribution is -2.55. The molecule has 1 amide bonds. The van der Waals surface area contributed by atoms with Crippen molar-refractivity contribution >= 4 is 11.9 Å². The fraction of sp³-hybridized carbons (Fsp3) is 0.692. The highest BCUT2D eigenvalue weighted by Crippen LogP contribution is 2.11. The van der Waals surface area contributed by atoms with Crippen LogP contribution < -0.4 is 5.32 Å². The van der Waals surface area contributed by atoms with Crippen LogP contribution >= 0.6 is 0 Å². The van der Waals surface area contributed by atoms with Crippen molar-refractivity contribution in [1.82, 2.24) is 15.5 Å². The quantitative estimate of drug-likeness (QED) is 0.727. The first-order chi connectivity index (χ1) is 9.78. The minimum Gasteiger partial charge on any atom is -0.479 e. The number of aromatic nitrogens is 2. The first-order valence-electron chi connectivity index (χ1n) is 6.64. The second-order valence-electron chi connectivity index (χ2n) is 5.32. The van der Waals surface area contributed by atoms with Crippen LogP contribution in [0.5, 0.6) is 0 Å². The molecular formula is C13H21N3O5.